The molecule has 0 aliphatic rings. The fraction of sp³-hybridized carbons (Fsp3) is 0.0526. The molecule has 2 heterocycles. The van der Waals surface area contributed by atoms with Crippen molar-refractivity contribution in [1.82, 2.24) is 24.7 Å². The lowest BCUT2D eigenvalue weighted by molar-refractivity contribution is 0.416. The summed E-state index contributed by atoms with van der Waals surface area (Å²) in [6.07, 6.45) is 3.59. The minimum atomic E-state index is 0.385. The van der Waals surface area contributed by atoms with Gasteiger partial charge in [0.2, 0.25) is 9.54 Å². The highest BCUT2D eigenvalue weighted by Crippen LogP contribution is 2.31. The number of hydrogen-bond donors (Lipinski definition) is 2. The van der Waals surface area contributed by atoms with Crippen molar-refractivity contribution in [1.29, 1.82) is 0 Å². The molecule has 0 saturated heterocycles. The quantitative estimate of drug-likeness (QED) is 0.380. The van der Waals surface area contributed by atoms with Crippen LogP contribution in [0.1, 0.15) is 5.56 Å². The Morgan fingerprint density at radius 3 is 2.39 bits per heavy atom. The molecule has 0 spiro atoms. The number of methoxy groups -OCH3 is 1. The zero-order valence-corrected chi connectivity index (χ0v) is 16.5. The van der Waals surface area contributed by atoms with Crippen LogP contribution in [0.4, 0.5) is 0 Å². The predicted octanol–water partition coefficient (Wildman–Crippen LogP) is 4.35. The first kappa shape index (κ1) is 18.1. The molecule has 2 aromatic heterocycles. The number of rotatable bonds is 5. The number of aromatic nitrogens is 5. The maximum Gasteiger partial charge on any atom is 0.215 e. The van der Waals surface area contributed by atoms with E-state index in [1.807, 2.05) is 60.8 Å². The number of para-hydroxylation sites is 2. The van der Waals surface area contributed by atoms with Gasteiger partial charge >= 0.3 is 0 Å². The van der Waals surface area contributed by atoms with Crippen molar-refractivity contribution in [3.63, 3.8) is 0 Å². The molecule has 7 nitrogen and oxygen atoms in total. The Balaban J connectivity index is 1.87. The molecule has 2 aromatic carbocycles. The molecule has 0 amide bonds. The lowest BCUT2D eigenvalue weighted by Gasteiger charge is -2.06. The second kappa shape index (κ2) is 7.75. The molecule has 0 aliphatic carbocycles. The Morgan fingerprint density at radius 2 is 1.68 bits per heavy atom. The number of nitrogens with one attached hydrogen (secondary N) is 2. The standard InChI is InChI=1S/C19H16N6OS2/c1-26-16-10-6-5-9-15(16)17-13(11-20-25-18(27)21-22-19(25)28)12-24(23-17)14-7-3-2-4-8-14/h2-12H,1H3,(H,21,27)(H,22,28)/b20-11-. The molecule has 0 bridgehead atoms. The van der Waals surface area contributed by atoms with Gasteiger partial charge < -0.3 is 4.74 Å². The molecule has 0 radical (unpaired) electrons. The van der Waals surface area contributed by atoms with Crippen molar-refractivity contribution < 1.29 is 4.74 Å². The molecule has 0 saturated carbocycles. The minimum Gasteiger partial charge on any atom is -0.496 e. The van der Waals surface area contributed by atoms with E-state index in [1.54, 1.807) is 18.0 Å². The van der Waals surface area contributed by atoms with E-state index in [0.717, 1.165) is 28.3 Å². The molecular formula is C19H16N6OS2. The van der Waals surface area contributed by atoms with Crippen LogP contribution in [-0.2, 0) is 0 Å². The molecule has 9 heteroatoms. The average molecular weight is 409 g/mol. The van der Waals surface area contributed by atoms with Crippen LogP contribution in [0.2, 0.25) is 0 Å². The van der Waals surface area contributed by atoms with Gasteiger partial charge in [-0.2, -0.15) is 14.9 Å². The first-order chi connectivity index (χ1) is 13.7. The smallest absolute Gasteiger partial charge is 0.215 e. The van der Waals surface area contributed by atoms with E-state index in [0.29, 0.717) is 9.54 Å². The highest BCUT2D eigenvalue weighted by Gasteiger charge is 2.15. The Hall–Kier alpha value is -3.30. The topological polar surface area (TPSA) is 75.9 Å². The summed E-state index contributed by atoms with van der Waals surface area (Å²) in [4.78, 5) is 0. The highest BCUT2D eigenvalue weighted by atomic mass is 32.1. The van der Waals surface area contributed by atoms with E-state index < -0.39 is 0 Å². The average Bonchev–Trinajstić information content (AvgIpc) is 3.30. The number of aromatic amines is 2. The van der Waals surface area contributed by atoms with Crippen molar-refractivity contribution in [2.45, 2.75) is 0 Å². The molecule has 4 rings (SSSR count). The van der Waals surface area contributed by atoms with Gasteiger partial charge in [0.25, 0.3) is 0 Å². The first-order valence-corrected chi connectivity index (χ1v) is 9.21. The maximum atomic E-state index is 5.52. The lowest BCUT2D eigenvalue weighted by atomic mass is 10.1. The van der Waals surface area contributed by atoms with Crippen LogP contribution < -0.4 is 4.74 Å². The second-order valence-electron chi connectivity index (χ2n) is 5.83. The fourth-order valence-electron chi connectivity index (χ4n) is 2.77. The Bertz CT molecular complexity index is 1220. The van der Waals surface area contributed by atoms with Crippen molar-refractivity contribution in [2.75, 3.05) is 7.11 Å². The Labute approximate surface area is 170 Å². The van der Waals surface area contributed by atoms with E-state index >= 15 is 0 Å². The van der Waals surface area contributed by atoms with Gasteiger partial charge in [-0.1, -0.05) is 30.3 Å². The molecule has 2 N–H and O–H groups in total. The zero-order valence-electron chi connectivity index (χ0n) is 14.9. The van der Waals surface area contributed by atoms with Crippen LogP contribution in [0.25, 0.3) is 16.9 Å². The summed E-state index contributed by atoms with van der Waals surface area (Å²) in [6, 6.07) is 17.6. The van der Waals surface area contributed by atoms with Crippen LogP contribution in [0.15, 0.2) is 65.9 Å². The van der Waals surface area contributed by atoms with E-state index in [2.05, 4.69) is 15.3 Å². The van der Waals surface area contributed by atoms with E-state index in [-0.39, 0.29) is 0 Å². The van der Waals surface area contributed by atoms with Gasteiger partial charge in [0.15, 0.2) is 0 Å². The predicted molar refractivity (Wildman–Crippen MR) is 113 cm³/mol. The number of ether oxygens (including phenoxy) is 1. The number of H-pyrrole nitrogens is 2. The normalized spacial score (nSPS) is 11.2. The summed E-state index contributed by atoms with van der Waals surface area (Å²) in [6.45, 7) is 0. The van der Waals surface area contributed by atoms with Crippen LogP contribution in [0.5, 0.6) is 5.75 Å². The SMILES string of the molecule is COc1ccccc1-c1nn(-c2ccccc2)cc1/C=N\n1c(=S)[nH][nH]c1=S. The Morgan fingerprint density at radius 1 is 1.00 bits per heavy atom. The Kier molecular flexibility index (Phi) is 5.00. The van der Waals surface area contributed by atoms with Gasteiger partial charge in [-0.15, -0.1) is 0 Å². The molecular weight excluding hydrogens is 392 g/mol. The van der Waals surface area contributed by atoms with Crippen molar-refractivity contribution in [3.8, 4) is 22.7 Å². The summed E-state index contributed by atoms with van der Waals surface area (Å²) in [5.41, 5.74) is 3.34. The summed E-state index contributed by atoms with van der Waals surface area (Å²) < 4.78 is 9.53. The summed E-state index contributed by atoms with van der Waals surface area (Å²) in [7, 11) is 1.64. The van der Waals surface area contributed by atoms with Crippen molar-refractivity contribution in [3.05, 3.63) is 75.9 Å². The van der Waals surface area contributed by atoms with Crippen molar-refractivity contribution in [2.24, 2.45) is 5.10 Å². The molecule has 140 valence electrons. The second-order valence-corrected chi connectivity index (χ2v) is 6.60. The lowest BCUT2D eigenvalue weighted by Crippen LogP contribution is -1.95. The molecule has 0 unspecified atom stereocenters. The summed E-state index contributed by atoms with van der Waals surface area (Å²) >= 11 is 10.4. The van der Waals surface area contributed by atoms with Gasteiger partial charge in [0.1, 0.15) is 11.4 Å². The zero-order chi connectivity index (χ0) is 19.5. The first-order valence-electron chi connectivity index (χ1n) is 8.40. The van der Waals surface area contributed by atoms with Gasteiger partial charge in [0, 0.05) is 17.3 Å². The third-order valence-electron chi connectivity index (χ3n) is 4.10. The molecule has 28 heavy (non-hydrogen) atoms. The van der Waals surface area contributed by atoms with E-state index in [9.17, 15) is 0 Å². The third-order valence-corrected chi connectivity index (χ3v) is 4.65. The van der Waals surface area contributed by atoms with E-state index in [1.165, 1.54) is 4.68 Å². The van der Waals surface area contributed by atoms with Gasteiger partial charge in [-0.25, -0.2) is 4.68 Å². The number of hydrogen-bond acceptors (Lipinski definition) is 5. The van der Waals surface area contributed by atoms with Crippen molar-refractivity contribution >= 4 is 30.7 Å². The van der Waals surface area contributed by atoms with Crippen LogP contribution >= 0.6 is 24.4 Å². The largest absolute Gasteiger partial charge is 0.496 e. The highest BCUT2D eigenvalue weighted by molar-refractivity contribution is 7.72. The molecule has 0 aliphatic heterocycles. The van der Waals surface area contributed by atoms with Crippen LogP contribution in [-0.4, -0.2) is 38.0 Å². The molecule has 0 fully saturated rings. The number of benzene rings is 2. The summed E-state index contributed by atoms with van der Waals surface area (Å²) in [5.74, 6) is 0.728. The maximum absolute atomic E-state index is 5.52. The summed E-state index contributed by atoms with van der Waals surface area (Å²) in [5, 5.41) is 14.7. The monoisotopic (exact) mass is 408 g/mol. The third kappa shape index (κ3) is 3.45. The van der Waals surface area contributed by atoms with Gasteiger partial charge in [0.05, 0.1) is 19.0 Å². The molecule has 0 atom stereocenters. The van der Waals surface area contributed by atoms with Gasteiger partial charge in [-0.05, 0) is 48.7 Å². The van der Waals surface area contributed by atoms with E-state index in [4.69, 9.17) is 34.3 Å². The van der Waals surface area contributed by atoms with Crippen LogP contribution in [0.3, 0.4) is 0 Å². The molecule has 4 aromatic rings. The fourth-order valence-corrected chi connectivity index (χ4v) is 3.21. The number of nitrogens with zero attached hydrogens (tertiary/aromatic N) is 4. The minimum absolute atomic E-state index is 0.385. The van der Waals surface area contributed by atoms with Crippen LogP contribution in [0, 0.1) is 9.54 Å². The van der Waals surface area contributed by atoms with Gasteiger partial charge in [-0.3, -0.25) is 10.2 Å².